The van der Waals surface area contributed by atoms with Crippen molar-refractivity contribution in [1.29, 1.82) is 0 Å². The lowest BCUT2D eigenvalue weighted by molar-refractivity contribution is 0.783. The van der Waals surface area contributed by atoms with E-state index in [0.29, 0.717) is 0 Å². The van der Waals surface area contributed by atoms with Crippen molar-refractivity contribution in [2.45, 2.75) is 33.1 Å². The van der Waals surface area contributed by atoms with Gasteiger partial charge in [-0.2, -0.15) is 0 Å². The molecule has 0 unspecified atom stereocenters. The number of hydrogen-bond donors (Lipinski definition) is 0. The van der Waals surface area contributed by atoms with Gasteiger partial charge in [-0.25, -0.2) is 9.97 Å². The Kier molecular flexibility index (Phi) is 4.82. The molecule has 0 N–H and O–H groups in total. The van der Waals surface area contributed by atoms with Gasteiger partial charge in [-0.05, 0) is 25.3 Å². The normalized spacial score (nSPS) is 10.7. The number of benzene rings is 2. The maximum Gasteiger partial charge on any atom is 0.160 e. The fourth-order valence-corrected chi connectivity index (χ4v) is 2.80. The molecule has 0 saturated heterocycles. The molecule has 0 bridgehead atoms. The Morgan fingerprint density at radius 3 is 2.00 bits per heavy atom. The highest BCUT2D eigenvalue weighted by molar-refractivity contribution is 5.67. The Hall–Kier alpha value is -2.48. The highest BCUT2D eigenvalue weighted by atomic mass is 14.9. The third-order valence-corrected chi connectivity index (χ3v) is 4.07. The molecule has 0 aliphatic rings. The molecule has 1 heterocycles. The van der Waals surface area contributed by atoms with Crippen LogP contribution in [-0.4, -0.2) is 9.97 Å². The summed E-state index contributed by atoms with van der Waals surface area (Å²) in [5, 5.41) is 0. The third-order valence-electron chi connectivity index (χ3n) is 4.07. The van der Waals surface area contributed by atoms with E-state index >= 15 is 0 Å². The average molecular weight is 302 g/mol. The van der Waals surface area contributed by atoms with Gasteiger partial charge in [0, 0.05) is 16.8 Å². The minimum absolute atomic E-state index is 0.808. The van der Waals surface area contributed by atoms with Crippen LogP contribution < -0.4 is 0 Å². The highest BCUT2D eigenvalue weighted by Crippen LogP contribution is 2.28. The Balaban J connectivity index is 2.14. The summed E-state index contributed by atoms with van der Waals surface area (Å²) in [5.41, 5.74) is 5.67. The van der Waals surface area contributed by atoms with E-state index in [1.807, 2.05) is 24.3 Å². The first-order chi connectivity index (χ1) is 11.3. The summed E-state index contributed by atoms with van der Waals surface area (Å²) in [6.45, 7) is 4.32. The van der Waals surface area contributed by atoms with Crippen molar-refractivity contribution >= 4 is 0 Å². The van der Waals surface area contributed by atoms with Crippen LogP contribution in [0.2, 0.25) is 0 Å². The van der Waals surface area contributed by atoms with E-state index < -0.39 is 0 Å². The van der Waals surface area contributed by atoms with Gasteiger partial charge < -0.3 is 0 Å². The van der Waals surface area contributed by atoms with E-state index in [2.05, 4.69) is 50.2 Å². The number of aromatic nitrogens is 2. The van der Waals surface area contributed by atoms with Gasteiger partial charge in [0.15, 0.2) is 5.82 Å². The van der Waals surface area contributed by atoms with E-state index in [-0.39, 0.29) is 0 Å². The van der Waals surface area contributed by atoms with Crippen LogP contribution in [-0.2, 0) is 6.42 Å². The summed E-state index contributed by atoms with van der Waals surface area (Å²) in [6.07, 6.45) is 3.37. The van der Waals surface area contributed by atoms with Gasteiger partial charge in [-0.1, -0.05) is 74.0 Å². The lowest BCUT2D eigenvalue weighted by Gasteiger charge is -2.14. The van der Waals surface area contributed by atoms with Gasteiger partial charge in [-0.3, -0.25) is 0 Å². The van der Waals surface area contributed by atoms with Crippen LogP contribution in [0, 0.1) is 6.92 Å². The molecule has 2 aromatic carbocycles. The topological polar surface area (TPSA) is 25.8 Å². The standard InChI is InChI=1S/C21H22N2/c1-3-4-15-19-16(2)22-21(18-13-9-6-10-14-18)23-20(19)17-11-7-5-8-12-17/h5-14H,3-4,15H2,1-2H3. The first-order valence-electron chi connectivity index (χ1n) is 8.28. The molecule has 0 spiro atoms. The first-order valence-corrected chi connectivity index (χ1v) is 8.28. The van der Waals surface area contributed by atoms with Crippen molar-refractivity contribution in [2.24, 2.45) is 0 Å². The lowest BCUT2D eigenvalue weighted by atomic mass is 9.99. The summed E-state index contributed by atoms with van der Waals surface area (Å²) in [6, 6.07) is 20.6. The predicted octanol–water partition coefficient (Wildman–Crippen LogP) is 5.46. The second kappa shape index (κ2) is 7.19. The van der Waals surface area contributed by atoms with E-state index in [0.717, 1.165) is 35.6 Å². The zero-order chi connectivity index (χ0) is 16.1. The predicted molar refractivity (Wildman–Crippen MR) is 96.3 cm³/mol. The molecule has 0 fully saturated rings. The van der Waals surface area contributed by atoms with E-state index in [9.17, 15) is 0 Å². The van der Waals surface area contributed by atoms with Gasteiger partial charge in [0.1, 0.15) is 0 Å². The molecule has 0 atom stereocenters. The van der Waals surface area contributed by atoms with Gasteiger partial charge in [0.25, 0.3) is 0 Å². The lowest BCUT2D eigenvalue weighted by Crippen LogP contribution is -2.03. The van der Waals surface area contributed by atoms with Crippen molar-refractivity contribution in [2.75, 3.05) is 0 Å². The van der Waals surface area contributed by atoms with Crippen molar-refractivity contribution in [1.82, 2.24) is 9.97 Å². The van der Waals surface area contributed by atoms with Crippen LogP contribution in [0.25, 0.3) is 22.6 Å². The first kappa shape index (κ1) is 15.4. The fourth-order valence-electron chi connectivity index (χ4n) is 2.80. The number of unbranched alkanes of at least 4 members (excludes halogenated alkanes) is 1. The van der Waals surface area contributed by atoms with Crippen LogP contribution in [0.4, 0.5) is 0 Å². The van der Waals surface area contributed by atoms with Gasteiger partial charge in [-0.15, -0.1) is 0 Å². The molecule has 116 valence electrons. The molecule has 1 aromatic heterocycles. The maximum atomic E-state index is 4.92. The average Bonchev–Trinajstić information content (AvgIpc) is 2.61. The maximum absolute atomic E-state index is 4.92. The zero-order valence-corrected chi connectivity index (χ0v) is 13.8. The molecule has 2 heteroatoms. The summed E-state index contributed by atoms with van der Waals surface area (Å²) in [5.74, 6) is 0.808. The fraction of sp³-hybridized carbons (Fsp3) is 0.238. The molecule has 3 rings (SSSR count). The molecule has 0 radical (unpaired) electrons. The van der Waals surface area contributed by atoms with E-state index in [1.54, 1.807) is 0 Å². The third kappa shape index (κ3) is 3.48. The van der Waals surface area contributed by atoms with Crippen molar-refractivity contribution in [3.05, 3.63) is 71.9 Å². The summed E-state index contributed by atoms with van der Waals surface area (Å²) >= 11 is 0. The van der Waals surface area contributed by atoms with Gasteiger partial charge >= 0.3 is 0 Å². The molecule has 2 nitrogen and oxygen atoms in total. The van der Waals surface area contributed by atoms with Crippen LogP contribution in [0.1, 0.15) is 31.0 Å². The van der Waals surface area contributed by atoms with Crippen LogP contribution in [0.3, 0.4) is 0 Å². The van der Waals surface area contributed by atoms with Crippen molar-refractivity contribution in [3.8, 4) is 22.6 Å². The largest absolute Gasteiger partial charge is 0.233 e. The quantitative estimate of drug-likeness (QED) is 0.625. The second-order valence-electron chi connectivity index (χ2n) is 5.80. The molecule has 0 amide bonds. The number of aryl methyl sites for hydroxylation is 1. The Bertz CT molecular complexity index is 765. The van der Waals surface area contributed by atoms with Crippen LogP contribution in [0.5, 0.6) is 0 Å². The Labute approximate surface area is 138 Å². The SMILES string of the molecule is CCCCc1c(C)nc(-c2ccccc2)nc1-c1ccccc1. The summed E-state index contributed by atoms with van der Waals surface area (Å²) in [4.78, 5) is 9.69. The van der Waals surface area contributed by atoms with Gasteiger partial charge in [0.2, 0.25) is 0 Å². The minimum Gasteiger partial charge on any atom is -0.233 e. The molecule has 3 aromatic rings. The Morgan fingerprint density at radius 2 is 1.39 bits per heavy atom. The molecule has 0 aliphatic carbocycles. The summed E-state index contributed by atoms with van der Waals surface area (Å²) in [7, 11) is 0. The van der Waals surface area contributed by atoms with Gasteiger partial charge in [0.05, 0.1) is 5.69 Å². The molecular weight excluding hydrogens is 280 g/mol. The number of nitrogens with zero attached hydrogens (tertiary/aromatic N) is 2. The zero-order valence-electron chi connectivity index (χ0n) is 13.8. The van der Waals surface area contributed by atoms with Crippen LogP contribution >= 0.6 is 0 Å². The highest BCUT2D eigenvalue weighted by Gasteiger charge is 2.14. The molecule has 0 saturated carbocycles. The Morgan fingerprint density at radius 1 is 0.783 bits per heavy atom. The van der Waals surface area contributed by atoms with Crippen LogP contribution in [0.15, 0.2) is 60.7 Å². The number of rotatable bonds is 5. The van der Waals surface area contributed by atoms with Crippen molar-refractivity contribution in [3.63, 3.8) is 0 Å². The van der Waals surface area contributed by atoms with Crippen molar-refractivity contribution < 1.29 is 0 Å². The van der Waals surface area contributed by atoms with E-state index in [1.165, 1.54) is 17.5 Å². The molecule has 0 aliphatic heterocycles. The molecule has 23 heavy (non-hydrogen) atoms. The summed E-state index contributed by atoms with van der Waals surface area (Å²) < 4.78 is 0. The number of hydrogen-bond acceptors (Lipinski definition) is 2. The molecular formula is C21H22N2. The smallest absolute Gasteiger partial charge is 0.160 e. The minimum atomic E-state index is 0.808. The van der Waals surface area contributed by atoms with E-state index in [4.69, 9.17) is 9.97 Å². The second-order valence-corrected chi connectivity index (χ2v) is 5.80. The monoisotopic (exact) mass is 302 g/mol.